The lowest BCUT2D eigenvalue weighted by Gasteiger charge is -2.10. The average Bonchev–Trinajstić information content (AvgIpc) is 2.46. The van der Waals surface area contributed by atoms with Crippen molar-refractivity contribution in [1.82, 2.24) is 20.6 Å². The quantitative estimate of drug-likeness (QED) is 0.525. The molecule has 0 bridgehead atoms. The Labute approximate surface area is 117 Å². The molecule has 0 aromatic carbocycles. The number of carbonyl (C=O) groups is 1. The summed E-state index contributed by atoms with van der Waals surface area (Å²) in [7, 11) is 3.29. The summed E-state index contributed by atoms with van der Waals surface area (Å²) in [5, 5.41) is 5.62. The number of hydrogen-bond acceptors (Lipinski definition) is 6. The third kappa shape index (κ3) is 4.60. The Morgan fingerprint density at radius 1 is 1.45 bits per heavy atom. The van der Waals surface area contributed by atoms with Crippen molar-refractivity contribution >= 4 is 11.9 Å². The van der Waals surface area contributed by atoms with Gasteiger partial charge in [0.1, 0.15) is 5.82 Å². The van der Waals surface area contributed by atoms with E-state index in [1.54, 1.807) is 26.5 Å². The predicted molar refractivity (Wildman–Crippen MR) is 76.4 cm³/mol. The van der Waals surface area contributed by atoms with Crippen LogP contribution in [0.25, 0.3) is 0 Å². The Morgan fingerprint density at radius 3 is 2.60 bits per heavy atom. The second-order valence-corrected chi connectivity index (χ2v) is 3.87. The number of hydrogen-bond donors (Lipinski definition) is 3. The maximum absolute atomic E-state index is 12.0. The molecule has 0 atom stereocenters. The Morgan fingerprint density at radius 2 is 2.10 bits per heavy atom. The van der Waals surface area contributed by atoms with Gasteiger partial charge in [-0.25, -0.2) is 9.97 Å². The number of nitrogens with zero attached hydrogens (tertiary/aromatic N) is 2. The summed E-state index contributed by atoms with van der Waals surface area (Å²) in [5.74, 6) is 0.359. The highest BCUT2D eigenvalue weighted by Gasteiger charge is 2.08. The van der Waals surface area contributed by atoms with Crippen LogP contribution in [0.1, 0.15) is 23.7 Å². The van der Waals surface area contributed by atoms with Crippen LogP contribution in [0.3, 0.4) is 0 Å². The molecular formula is C13H19N5O2. The summed E-state index contributed by atoms with van der Waals surface area (Å²) in [5.41, 5.74) is 6.64. The largest absolute Gasteiger partial charge is 0.504 e. The molecule has 1 aromatic rings. The van der Waals surface area contributed by atoms with Crippen LogP contribution in [0.4, 0.5) is 5.95 Å². The molecule has 0 unspecified atom stereocenters. The lowest BCUT2D eigenvalue weighted by atomic mass is 10.2. The van der Waals surface area contributed by atoms with Crippen LogP contribution in [0.2, 0.25) is 0 Å². The number of nitrogens with one attached hydrogen (secondary N) is 2. The number of rotatable bonds is 6. The van der Waals surface area contributed by atoms with E-state index < -0.39 is 0 Å². The third-order valence-corrected chi connectivity index (χ3v) is 2.46. The van der Waals surface area contributed by atoms with Gasteiger partial charge in [-0.15, -0.1) is 0 Å². The summed E-state index contributed by atoms with van der Waals surface area (Å²) in [6.07, 6.45) is 6.93. The zero-order valence-electron chi connectivity index (χ0n) is 11.8. The van der Waals surface area contributed by atoms with Crippen LogP contribution < -0.4 is 16.4 Å². The molecule has 1 rings (SSSR count). The molecular weight excluding hydrogens is 258 g/mol. The Hall–Kier alpha value is -2.57. The van der Waals surface area contributed by atoms with E-state index in [2.05, 4.69) is 20.6 Å². The first-order valence-corrected chi connectivity index (χ1v) is 6.10. The molecule has 0 spiro atoms. The molecule has 7 nitrogen and oxygen atoms in total. The maximum atomic E-state index is 12.0. The van der Waals surface area contributed by atoms with Gasteiger partial charge in [-0.2, -0.15) is 0 Å². The molecule has 0 radical (unpaired) electrons. The topological polar surface area (TPSA) is 102 Å². The normalized spacial score (nSPS) is 11.9. The fourth-order valence-electron chi connectivity index (χ4n) is 1.38. The van der Waals surface area contributed by atoms with Crippen LogP contribution in [0.15, 0.2) is 36.1 Å². The van der Waals surface area contributed by atoms with E-state index in [1.807, 2.05) is 6.92 Å². The standard InChI is InChI=1S/C13H19N5O2/c1-4-9(8-20-3)5-11(15-2)18-12(19)10-6-16-13(14)17-7-10/h5-8,15H,4H2,1-3H3,(H,18,19)(H2,14,16,17)/b9-8-,11-5+. The van der Waals surface area contributed by atoms with Gasteiger partial charge in [0.2, 0.25) is 5.95 Å². The molecule has 7 heteroatoms. The monoisotopic (exact) mass is 277 g/mol. The van der Waals surface area contributed by atoms with Crippen molar-refractivity contribution in [3.8, 4) is 0 Å². The lowest BCUT2D eigenvalue weighted by Crippen LogP contribution is -2.30. The highest BCUT2D eigenvalue weighted by Crippen LogP contribution is 2.05. The summed E-state index contributed by atoms with van der Waals surface area (Å²) in [4.78, 5) is 19.5. The summed E-state index contributed by atoms with van der Waals surface area (Å²) in [6, 6.07) is 0. The van der Waals surface area contributed by atoms with E-state index in [-0.39, 0.29) is 11.9 Å². The second kappa shape index (κ2) is 7.78. The van der Waals surface area contributed by atoms with Crippen molar-refractivity contribution < 1.29 is 9.53 Å². The van der Waals surface area contributed by atoms with Crippen molar-refractivity contribution in [3.63, 3.8) is 0 Å². The molecule has 108 valence electrons. The maximum Gasteiger partial charge on any atom is 0.259 e. The first kappa shape index (κ1) is 15.5. The molecule has 0 aliphatic carbocycles. The van der Waals surface area contributed by atoms with Gasteiger partial charge in [0, 0.05) is 19.4 Å². The number of methoxy groups -OCH3 is 1. The minimum atomic E-state index is -0.321. The predicted octanol–water partition coefficient (Wildman–Crippen LogP) is 0.790. The van der Waals surface area contributed by atoms with E-state index in [9.17, 15) is 4.79 Å². The molecule has 0 fully saturated rings. The van der Waals surface area contributed by atoms with Crippen molar-refractivity contribution in [2.24, 2.45) is 0 Å². The number of nitrogen functional groups attached to an aromatic ring is 1. The van der Waals surface area contributed by atoms with E-state index in [0.717, 1.165) is 12.0 Å². The van der Waals surface area contributed by atoms with E-state index in [4.69, 9.17) is 10.5 Å². The fraction of sp³-hybridized carbons (Fsp3) is 0.308. The zero-order valence-corrected chi connectivity index (χ0v) is 11.8. The van der Waals surface area contributed by atoms with Crippen LogP contribution in [-0.4, -0.2) is 30.0 Å². The van der Waals surface area contributed by atoms with Gasteiger partial charge in [0.25, 0.3) is 5.91 Å². The Kier molecular flexibility index (Phi) is 6.02. The highest BCUT2D eigenvalue weighted by atomic mass is 16.5. The van der Waals surface area contributed by atoms with Gasteiger partial charge in [-0.05, 0) is 18.1 Å². The smallest absolute Gasteiger partial charge is 0.259 e. The first-order chi connectivity index (χ1) is 9.60. The van der Waals surface area contributed by atoms with E-state index in [1.165, 1.54) is 12.4 Å². The van der Waals surface area contributed by atoms with Gasteiger partial charge in [-0.3, -0.25) is 4.79 Å². The van der Waals surface area contributed by atoms with Gasteiger partial charge >= 0.3 is 0 Å². The van der Waals surface area contributed by atoms with Crippen molar-refractivity contribution in [1.29, 1.82) is 0 Å². The summed E-state index contributed by atoms with van der Waals surface area (Å²) < 4.78 is 4.96. The summed E-state index contributed by atoms with van der Waals surface area (Å²) >= 11 is 0. The number of nitrogens with two attached hydrogens (primary N) is 1. The fourth-order valence-corrected chi connectivity index (χ4v) is 1.38. The SMILES string of the molecule is CCC(=C/OC)/C=C(\NC)NC(=O)c1cnc(N)nc1. The zero-order chi connectivity index (χ0) is 15.0. The van der Waals surface area contributed by atoms with E-state index in [0.29, 0.717) is 11.4 Å². The molecule has 1 aromatic heterocycles. The average molecular weight is 277 g/mol. The molecule has 4 N–H and O–H groups in total. The van der Waals surface area contributed by atoms with Gasteiger partial charge in [-0.1, -0.05) is 6.92 Å². The van der Waals surface area contributed by atoms with Crippen molar-refractivity contribution in [3.05, 3.63) is 41.7 Å². The number of allylic oxidation sites excluding steroid dienone is 2. The number of aromatic nitrogens is 2. The van der Waals surface area contributed by atoms with Crippen LogP contribution in [0, 0.1) is 0 Å². The van der Waals surface area contributed by atoms with Gasteiger partial charge in [0.05, 0.1) is 18.9 Å². The number of anilines is 1. The number of carbonyl (C=O) groups excluding carboxylic acids is 1. The van der Waals surface area contributed by atoms with E-state index >= 15 is 0 Å². The Balaban J connectivity index is 2.82. The van der Waals surface area contributed by atoms with Gasteiger partial charge in [0.15, 0.2) is 0 Å². The second-order valence-electron chi connectivity index (χ2n) is 3.87. The van der Waals surface area contributed by atoms with Crippen LogP contribution in [0.5, 0.6) is 0 Å². The van der Waals surface area contributed by atoms with Crippen LogP contribution >= 0.6 is 0 Å². The molecule has 20 heavy (non-hydrogen) atoms. The molecule has 0 saturated carbocycles. The Bertz CT molecular complexity index is 508. The first-order valence-electron chi connectivity index (χ1n) is 6.10. The van der Waals surface area contributed by atoms with Crippen molar-refractivity contribution in [2.45, 2.75) is 13.3 Å². The molecule has 0 aliphatic heterocycles. The minimum Gasteiger partial charge on any atom is -0.504 e. The number of amides is 1. The molecule has 0 aliphatic rings. The van der Waals surface area contributed by atoms with Gasteiger partial charge < -0.3 is 21.1 Å². The molecule has 0 saturated heterocycles. The summed E-state index contributed by atoms with van der Waals surface area (Å²) in [6.45, 7) is 1.99. The highest BCUT2D eigenvalue weighted by molar-refractivity contribution is 5.94. The minimum absolute atomic E-state index is 0.127. The third-order valence-electron chi connectivity index (χ3n) is 2.46. The molecule has 1 heterocycles. The lowest BCUT2D eigenvalue weighted by molar-refractivity contribution is 0.0963. The molecule has 1 amide bonds. The number of ether oxygens (including phenoxy) is 1. The van der Waals surface area contributed by atoms with Crippen LogP contribution in [-0.2, 0) is 4.74 Å². The van der Waals surface area contributed by atoms with Crippen molar-refractivity contribution in [2.75, 3.05) is 19.9 Å².